The van der Waals surface area contributed by atoms with E-state index in [0.29, 0.717) is 0 Å². The Morgan fingerprint density at radius 2 is 1.00 bits per heavy atom. The first-order valence-electron chi connectivity index (χ1n) is 16.3. The van der Waals surface area contributed by atoms with E-state index in [-0.39, 0.29) is 13.7 Å². The van der Waals surface area contributed by atoms with Crippen LogP contribution in [0.5, 0.6) is 11.5 Å². The van der Waals surface area contributed by atoms with Crippen molar-refractivity contribution in [2.24, 2.45) is 0 Å². The normalized spacial score (nSPS) is 13.5. The van der Waals surface area contributed by atoms with Crippen molar-refractivity contribution < 1.29 is 4.74 Å². The average molecular weight is 598 g/mol. The Kier molecular flexibility index (Phi) is 5.76. The van der Waals surface area contributed by atoms with Gasteiger partial charge in [0, 0.05) is 16.9 Å². The summed E-state index contributed by atoms with van der Waals surface area (Å²) >= 11 is 0. The highest BCUT2D eigenvalue weighted by Crippen LogP contribution is 2.50. The average Bonchev–Trinajstić information content (AvgIpc) is 3.50. The van der Waals surface area contributed by atoms with Crippen LogP contribution in [0.1, 0.15) is 0 Å². The number of nitrogens with zero attached hydrogens (tertiary/aromatic N) is 2. The van der Waals surface area contributed by atoms with E-state index in [2.05, 4.69) is 179 Å². The smallest absolute Gasteiger partial charge is 0.421 e. The molecule has 0 radical (unpaired) electrons. The third-order valence-electron chi connectivity index (χ3n) is 9.97. The Balaban J connectivity index is 1.05. The van der Waals surface area contributed by atoms with Crippen molar-refractivity contribution in [1.29, 1.82) is 0 Å². The van der Waals surface area contributed by atoms with Crippen molar-refractivity contribution in [1.82, 2.24) is 0 Å². The lowest BCUT2D eigenvalue weighted by Gasteiger charge is -2.36. The largest absolute Gasteiger partial charge is 0.458 e. The van der Waals surface area contributed by atoms with Gasteiger partial charge in [-0.25, -0.2) is 0 Å². The molecule has 0 saturated heterocycles. The first-order valence-corrected chi connectivity index (χ1v) is 16.3. The number of hydrogen-bond donors (Lipinski definition) is 0. The van der Waals surface area contributed by atoms with Gasteiger partial charge >= 0.3 is 6.98 Å². The predicted octanol–water partition coefficient (Wildman–Crippen LogP) is 7.64. The summed E-state index contributed by atoms with van der Waals surface area (Å²) in [5.41, 5.74) is 14.7. The molecule has 0 unspecified atom stereocenters. The molecule has 0 saturated carbocycles. The molecule has 0 N–H and O–H groups in total. The van der Waals surface area contributed by atoms with E-state index in [0.717, 1.165) is 28.3 Å². The first-order chi connectivity index (χ1) is 23.3. The Hall–Kier alpha value is -5.93. The van der Waals surface area contributed by atoms with Gasteiger partial charge in [0.15, 0.2) is 0 Å². The topological polar surface area (TPSA) is 15.7 Å². The minimum Gasteiger partial charge on any atom is -0.458 e. The van der Waals surface area contributed by atoms with Crippen molar-refractivity contribution in [3.8, 4) is 33.8 Å². The molecule has 47 heavy (non-hydrogen) atoms. The number of fused-ring (bicyclic) bond motifs is 10. The highest BCUT2D eigenvalue weighted by Gasteiger charge is 2.47. The van der Waals surface area contributed by atoms with E-state index in [1.807, 2.05) is 0 Å². The highest BCUT2D eigenvalue weighted by molar-refractivity contribution is 6.97. The summed E-state index contributed by atoms with van der Waals surface area (Å²) < 4.78 is 6.54. The van der Waals surface area contributed by atoms with Gasteiger partial charge in [-0.1, -0.05) is 133 Å². The van der Waals surface area contributed by atoms with Gasteiger partial charge in [-0.3, -0.25) is 0 Å². The second kappa shape index (κ2) is 10.3. The molecule has 218 valence electrons. The SMILES string of the molecule is c1ccc(B2c3ccccc3Oc3cc(-c4ccc(N5B6c7ccccc7-c7ccccc7N6c6ccccc65)cc4)ccc32)cc1. The molecular formula is C42H28B2N2O. The van der Waals surface area contributed by atoms with Crippen LogP contribution in [0, 0.1) is 0 Å². The highest BCUT2D eigenvalue weighted by atomic mass is 16.5. The summed E-state index contributed by atoms with van der Waals surface area (Å²) in [4.78, 5) is 4.99. The molecule has 3 heterocycles. The Morgan fingerprint density at radius 1 is 0.404 bits per heavy atom. The lowest BCUT2D eigenvalue weighted by atomic mass is 9.36. The van der Waals surface area contributed by atoms with Crippen LogP contribution in [0.25, 0.3) is 22.3 Å². The third kappa shape index (κ3) is 3.96. The van der Waals surface area contributed by atoms with Crippen molar-refractivity contribution in [3.05, 3.63) is 170 Å². The molecule has 0 amide bonds. The van der Waals surface area contributed by atoms with E-state index < -0.39 is 0 Å². The standard InChI is InChI=1S/C42H28B2N2O/c1-2-12-31(13-3-1)43-36-17-7-11-21-41(36)47-42-28-30(24-27-37(42)43)29-22-25-32(26-23-29)45-39-19-9-10-20-40(39)46-38-18-8-5-15-34(38)33-14-4-6-16-35(33)44(45)46/h1-28H. The quantitative estimate of drug-likeness (QED) is 0.195. The third-order valence-corrected chi connectivity index (χ3v) is 9.97. The number of para-hydroxylation sites is 4. The summed E-state index contributed by atoms with van der Waals surface area (Å²) in [5, 5.41) is 0. The monoisotopic (exact) mass is 598 g/mol. The van der Waals surface area contributed by atoms with E-state index in [9.17, 15) is 0 Å². The molecule has 3 aliphatic heterocycles. The van der Waals surface area contributed by atoms with Gasteiger partial charge in [-0.2, -0.15) is 0 Å². The number of hydrogen-bond acceptors (Lipinski definition) is 3. The molecule has 3 aliphatic rings. The van der Waals surface area contributed by atoms with Crippen LogP contribution in [0.15, 0.2) is 170 Å². The van der Waals surface area contributed by atoms with Gasteiger partial charge in [-0.15, -0.1) is 0 Å². The van der Waals surface area contributed by atoms with Crippen LogP contribution >= 0.6 is 0 Å². The maximum Gasteiger partial charge on any atom is 0.421 e. The number of anilines is 4. The molecule has 0 bridgehead atoms. The Morgan fingerprint density at radius 3 is 1.81 bits per heavy atom. The van der Waals surface area contributed by atoms with Crippen LogP contribution < -0.4 is 36.2 Å². The maximum atomic E-state index is 6.54. The number of ether oxygens (including phenoxy) is 1. The number of rotatable bonds is 3. The molecule has 0 spiro atoms. The number of benzene rings is 7. The predicted molar refractivity (Wildman–Crippen MR) is 197 cm³/mol. The summed E-state index contributed by atoms with van der Waals surface area (Å²) in [5.74, 6) is 1.84. The van der Waals surface area contributed by atoms with Gasteiger partial charge in [0.25, 0.3) is 6.71 Å². The minimum absolute atomic E-state index is 0.0245. The zero-order valence-corrected chi connectivity index (χ0v) is 25.6. The molecule has 0 aliphatic carbocycles. The molecule has 7 aromatic carbocycles. The molecule has 0 atom stereocenters. The molecule has 7 aromatic rings. The molecule has 0 fully saturated rings. The second-order valence-electron chi connectivity index (χ2n) is 12.5. The van der Waals surface area contributed by atoms with Crippen LogP contribution in [-0.4, -0.2) is 13.7 Å². The Labute approximate surface area is 275 Å². The zero-order chi connectivity index (χ0) is 30.9. The van der Waals surface area contributed by atoms with Gasteiger partial charge < -0.3 is 14.4 Å². The lowest BCUT2D eigenvalue weighted by Crippen LogP contribution is -2.55. The van der Waals surface area contributed by atoms with E-state index in [4.69, 9.17) is 4.74 Å². The summed E-state index contributed by atoms with van der Waals surface area (Å²) in [6.07, 6.45) is 0. The maximum absolute atomic E-state index is 6.54. The van der Waals surface area contributed by atoms with Gasteiger partial charge in [0.1, 0.15) is 11.5 Å². The lowest BCUT2D eigenvalue weighted by molar-refractivity contribution is 0.487. The molecule has 10 rings (SSSR count). The van der Waals surface area contributed by atoms with Crippen LogP contribution in [0.4, 0.5) is 22.7 Å². The minimum atomic E-state index is 0.0245. The van der Waals surface area contributed by atoms with Crippen LogP contribution in [0.2, 0.25) is 0 Å². The van der Waals surface area contributed by atoms with E-state index >= 15 is 0 Å². The Bertz CT molecular complexity index is 2320. The molecule has 3 nitrogen and oxygen atoms in total. The molecular weight excluding hydrogens is 570 g/mol. The van der Waals surface area contributed by atoms with Crippen molar-refractivity contribution in [2.75, 3.05) is 9.62 Å². The van der Waals surface area contributed by atoms with Crippen molar-refractivity contribution >= 4 is 58.3 Å². The fourth-order valence-corrected chi connectivity index (χ4v) is 7.91. The second-order valence-corrected chi connectivity index (χ2v) is 12.5. The summed E-state index contributed by atoms with van der Waals surface area (Å²) in [6, 6.07) is 61.3. The summed E-state index contributed by atoms with van der Waals surface area (Å²) in [7, 11) is 0. The summed E-state index contributed by atoms with van der Waals surface area (Å²) in [6.45, 7) is 0.158. The first kappa shape index (κ1) is 26.3. The van der Waals surface area contributed by atoms with Gasteiger partial charge in [-0.05, 0) is 75.5 Å². The van der Waals surface area contributed by atoms with Gasteiger partial charge in [0.2, 0.25) is 0 Å². The molecule has 0 aromatic heterocycles. The fraction of sp³-hybridized carbons (Fsp3) is 0. The zero-order valence-electron chi connectivity index (χ0n) is 25.6. The van der Waals surface area contributed by atoms with E-state index in [1.54, 1.807) is 0 Å². The van der Waals surface area contributed by atoms with E-state index in [1.165, 1.54) is 50.0 Å². The van der Waals surface area contributed by atoms with Crippen LogP contribution in [0.3, 0.4) is 0 Å². The van der Waals surface area contributed by atoms with Crippen molar-refractivity contribution in [2.45, 2.75) is 0 Å². The fourth-order valence-electron chi connectivity index (χ4n) is 7.91. The molecule has 5 heteroatoms. The van der Waals surface area contributed by atoms with Crippen LogP contribution in [-0.2, 0) is 0 Å². The van der Waals surface area contributed by atoms with Crippen molar-refractivity contribution in [3.63, 3.8) is 0 Å². The van der Waals surface area contributed by atoms with Gasteiger partial charge in [0.05, 0.1) is 11.4 Å².